The van der Waals surface area contributed by atoms with Crippen molar-refractivity contribution in [1.82, 2.24) is 9.97 Å². The third-order valence-electron chi connectivity index (χ3n) is 2.34. The molecule has 17 heavy (non-hydrogen) atoms. The van der Waals surface area contributed by atoms with E-state index in [-0.39, 0.29) is 0 Å². The molecule has 2 N–H and O–H groups in total. The summed E-state index contributed by atoms with van der Waals surface area (Å²) in [5.74, 6) is 0.880. The van der Waals surface area contributed by atoms with Crippen LogP contribution in [0.3, 0.4) is 0 Å². The minimum absolute atomic E-state index is 0.517. The minimum atomic E-state index is -3.28. The van der Waals surface area contributed by atoms with Crippen LogP contribution in [0.25, 0.3) is 11.0 Å². The van der Waals surface area contributed by atoms with Crippen LogP contribution in [0, 0.1) is 0 Å². The Labute approximate surface area is 100 Å². The number of aromatic nitrogens is 2. The van der Waals surface area contributed by atoms with Crippen LogP contribution in [0.15, 0.2) is 18.2 Å². The standard InChI is InChI=1S/C11H15N3O2S/c1-3-5-10-12-8-6-4-7-9(11(8)13-10)14-17(2,15)16/h4,6-7,14H,3,5H2,1-2H3,(H,12,13). The van der Waals surface area contributed by atoms with Gasteiger partial charge in [-0.2, -0.15) is 0 Å². The molecule has 1 aromatic heterocycles. The number of aromatic amines is 1. The highest BCUT2D eigenvalue weighted by atomic mass is 32.2. The molecule has 0 amide bonds. The molecule has 0 saturated carbocycles. The van der Waals surface area contributed by atoms with Crippen LogP contribution in [0.5, 0.6) is 0 Å². The van der Waals surface area contributed by atoms with E-state index < -0.39 is 10.0 Å². The third kappa shape index (κ3) is 2.76. The maximum atomic E-state index is 11.2. The number of hydrogen-bond acceptors (Lipinski definition) is 3. The van der Waals surface area contributed by atoms with Gasteiger partial charge in [-0.3, -0.25) is 4.72 Å². The number of rotatable bonds is 4. The van der Waals surface area contributed by atoms with E-state index in [9.17, 15) is 8.42 Å². The van der Waals surface area contributed by atoms with E-state index in [2.05, 4.69) is 21.6 Å². The fourth-order valence-electron chi connectivity index (χ4n) is 1.72. The Kier molecular flexibility index (Phi) is 3.06. The smallest absolute Gasteiger partial charge is 0.229 e. The quantitative estimate of drug-likeness (QED) is 0.873. The number of imidazole rings is 1. The van der Waals surface area contributed by atoms with E-state index in [1.807, 2.05) is 6.07 Å². The molecule has 1 aromatic carbocycles. The van der Waals surface area contributed by atoms with Crippen LogP contribution in [0.2, 0.25) is 0 Å². The average molecular weight is 253 g/mol. The summed E-state index contributed by atoms with van der Waals surface area (Å²) >= 11 is 0. The lowest BCUT2D eigenvalue weighted by molar-refractivity contribution is 0.607. The fraction of sp³-hybridized carbons (Fsp3) is 0.364. The van der Waals surface area contributed by atoms with Crippen LogP contribution in [0.4, 0.5) is 5.69 Å². The number of nitrogens with zero attached hydrogens (tertiary/aromatic N) is 1. The Hall–Kier alpha value is -1.56. The average Bonchev–Trinajstić information content (AvgIpc) is 2.59. The fourth-order valence-corrected chi connectivity index (χ4v) is 2.28. The van der Waals surface area contributed by atoms with Crippen molar-refractivity contribution in [1.29, 1.82) is 0 Å². The molecule has 92 valence electrons. The van der Waals surface area contributed by atoms with Gasteiger partial charge in [0.2, 0.25) is 10.0 Å². The van der Waals surface area contributed by atoms with E-state index in [1.165, 1.54) is 0 Å². The molecule has 0 aliphatic heterocycles. The normalized spacial score (nSPS) is 11.9. The van der Waals surface area contributed by atoms with Crippen molar-refractivity contribution < 1.29 is 8.42 Å². The summed E-state index contributed by atoms with van der Waals surface area (Å²) in [5.41, 5.74) is 2.03. The predicted octanol–water partition coefficient (Wildman–Crippen LogP) is 1.89. The van der Waals surface area contributed by atoms with E-state index in [0.717, 1.165) is 30.4 Å². The molecular formula is C11H15N3O2S. The summed E-state index contributed by atoms with van der Waals surface area (Å²) in [5, 5.41) is 0. The lowest BCUT2D eigenvalue weighted by Crippen LogP contribution is -2.09. The number of sulfonamides is 1. The first-order valence-electron chi connectivity index (χ1n) is 5.45. The van der Waals surface area contributed by atoms with Crippen molar-refractivity contribution in [3.8, 4) is 0 Å². The van der Waals surface area contributed by atoms with Crippen molar-refractivity contribution >= 4 is 26.7 Å². The number of anilines is 1. The van der Waals surface area contributed by atoms with Gasteiger partial charge in [-0.05, 0) is 18.6 Å². The Morgan fingerprint density at radius 3 is 2.82 bits per heavy atom. The highest BCUT2D eigenvalue weighted by Crippen LogP contribution is 2.22. The zero-order valence-electron chi connectivity index (χ0n) is 9.82. The second-order valence-corrected chi connectivity index (χ2v) is 5.76. The number of hydrogen-bond donors (Lipinski definition) is 2. The number of aryl methyl sites for hydroxylation is 1. The summed E-state index contributed by atoms with van der Waals surface area (Å²) in [4.78, 5) is 7.58. The van der Waals surface area contributed by atoms with Gasteiger partial charge >= 0.3 is 0 Å². The molecule has 0 unspecified atom stereocenters. The van der Waals surface area contributed by atoms with Gasteiger partial charge in [-0.1, -0.05) is 13.0 Å². The van der Waals surface area contributed by atoms with Gasteiger partial charge in [-0.15, -0.1) is 0 Å². The number of benzene rings is 1. The molecule has 0 saturated heterocycles. The third-order valence-corrected chi connectivity index (χ3v) is 2.93. The van der Waals surface area contributed by atoms with Gasteiger partial charge < -0.3 is 4.98 Å². The van der Waals surface area contributed by atoms with E-state index in [1.54, 1.807) is 12.1 Å². The van der Waals surface area contributed by atoms with Crippen molar-refractivity contribution in [2.24, 2.45) is 0 Å². The molecule has 0 fully saturated rings. The van der Waals surface area contributed by atoms with Crippen LogP contribution in [-0.4, -0.2) is 24.6 Å². The summed E-state index contributed by atoms with van der Waals surface area (Å²) in [6, 6.07) is 5.39. The monoisotopic (exact) mass is 253 g/mol. The molecule has 2 aromatic rings. The highest BCUT2D eigenvalue weighted by molar-refractivity contribution is 7.92. The van der Waals surface area contributed by atoms with Crippen LogP contribution < -0.4 is 4.72 Å². The maximum absolute atomic E-state index is 11.2. The van der Waals surface area contributed by atoms with Crippen molar-refractivity contribution in [2.75, 3.05) is 11.0 Å². The van der Waals surface area contributed by atoms with Gasteiger partial charge in [0.15, 0.2) is 0 Å². The largest absolute Gasteiger partial charge is 0.342 e. The summed E-state index contributed by atoms with van der Waals surface area (Å²) < 4.78 is 24.9. The van der Waals surface area contributed by atoms with Crippen LogP contribution in [-0.2, 0) is 16.4 Å². The molecule has 0 atom stereocenters. The zero-order chi connectivity index (χ0) is 12.5. The van der Waals surface area contributed by atoms with Crippen molar-refractivity contribution in [2.45, 2.75) is 19.8 Å². The Balaban J connectivity index is 2.49. The molecule has 1 heterocycles. The zero-order valence-corrected chi connectivity index (χ0v) is 10.6. The Morgan fingerprint density at radius 1 is 1.41 bits per heavy atom. The van der Waals surface area contributed by atoms with Gasteiger partial charge in [0.25, 0.3) is 0 Å². The molecular weight excluding hydrogens is 238 g/mol. The number of nitrogens with one attached hydrogen (secondary N) is 2. The second kappa shape index (κ2) is 4.37. The molecule has 0 aliphatic rings. The van der Waals surface area contributed by atoms with Gasteiger partial charge in [0.1, 0.15) is 11.3 Å². The SMILES string of the molecule is CCCc1nc2c(NS(C)(=O)=O)cccc2[nH]1. The second-order valence-electron chi connectivity index (χ2n) is 4.01. The summed E-state index contributed by atoms with van der Waals surface area (Å²) in [6.45, 7) is 2.07. The Bertz CT molecular complexity index is 631. The Morgan fingerprint density at radius 2 is 2.18 bits per heavy atom. The van der Waals surface area contributed by atoms with Crippen LogP contribution >= 0.6 is 0 Å². The van der Waals surface area contributed by atoms with Gasteiger partial charge in [0, 0.05) is 6.42 Å². The molecule has 0 radical (unpaired) electrons. The lowest BCUT2D eigenvalue weighted by Gasteiger charge is -2.03. The molecule has 0 bridgehead atoms. The van der Waals surface area contributed by atoms with E-state index in [4.69, 9.17) is 0 Å². The van der Waals surface area contributed by atoms with E-state index >= 15 is 0 Å². The molecule has 6 heteroatoms. The molecule has 0 aliphatic carbocycles. The molecule has 0 spiro atoms. The first-order chi connectivity index (χ1) is 7.99. The van der Waals surface area contributed by atoms with E-state index in [0.29, 0.717) is 11.2 Å². The van der Waals surface area contributed by atoms with Crippen molar-refractivity contribution in [3.05, 3.63) is 24.0 Å². The highest BCUT2D eigenvalue weighted by Gasteiger charge is 2.09. The van der Waals surface area contributed by atoms with Gasteiger partial charge in [0.05, 0.1) is 17.5 Å². The minimum Gasteiger partial charge on any atom is -0.342 e. The molecule has 2 rings (SSSR count). The van der Waals surface area contributed by atoms with Crippen molar-refractivity contribution in [3.63, 3.8) is 0 Å². The summed E-state index contributed by atoms with van der Waals surface area (Å²) in [6.07, 6.45) is 2.98. The first-order valence-corrected chi connectivity index (χ1v) is 7.34. The number of H-pyrrole nitrogens is 1. The van der Waals surface area contributed by atoms with Gasteiger partial charge in [-0.25, -0.2) is 13.4 Å². The predicted molar refractivity (Wildman–Crippen MR) is 68.6 cm³/mol. The lowest BCUT2D eigenvalue weighted by atomic mass is 10.3. The molecule has 5 nitrogen and oxygen atoms in total. The van der Waals surface area contributed by atoms with Crippen LogP contribution in [0.1, 0.15) is 19.2 Å². The first kappa shape index (κ1) is 11.9. The number of fused-ring (bicyclic) bond motifs is 1. The topological polar surface area (TPSA) is 74.8 Å². The number of para-hydroxylation sites is 1. The summed E-state index contributed by atoms with van der Waals surface area (Å²) in [7, 11) is -3.28. The maximum Gasteiger partial charge on any atom is 0.229 e.